The van der Waals surface area contributed by atoms with Gasteiger partial charge in [-0.2, -0.15) is 0 Å². The standard InChI is InChI=1S/C16H33N/c1-6-7-8-9-14(5)17-15-10-13(4)16(11-15)12(2)3/h12-17H,6-11H2,1-5H3. The molecule has 4 unspecified atom stereocenters. The van der Waals surface area contributed by atoms with Gasteiger partial charge in [0.15, 0.2) is 0 Å². The van der Waals surface area contributed by atoms with Crippen LogP contribution in [0.25, 0.3) is 0 Å². The van der Waals surface area contributed by atoms with Crippen LogP contribution in [0.3, 0.4) is 0 Å². The molecule has 0 amide bonds. The van der Waals surface area contributed by atoms with E-state index in [-0.39, 0.29) is 0 Å². The molecule has 17 heavy (non-hydrogen) atoms. The van der Waals surface area contributed by atoms with Crippen molar-refractivity contribution in [3.63, 3.8) is 0 Å². The first-order valence-electron chi connectivity index (χ1n) is 7.80. The third-order valence-corrected chi connectivity index (χ3v) is 4.56. The molecule has 0 saturated heterocycles. The zero-order valence-electron chi connectivity index (χ0n) is 12.6. The van der Waals surface area contributed by atoms with Crippen LogP contribution in [0, 0.1) is 17.8 Å². The van der Waals surface area contributed by atoms with Crippen LogP contribution in [-0.2, 0) is 0 Å². The van der Waals surface area contributed by atoms with Crippen molar-refractivity contribution >= 4 is 0 Å². The van der Waals surface area contributed by atoms with Gasteiger partial charge in [0.25, 0.3) is 0 Å². The minimum atomic E-state index is 0.713. The highest BCUT2D eigenvalue weighted by atomic mass is 15.0. The molecule has 0 radical (unpaired) electrons. The van der Waals surface area contributed by atoms with Crippen molar-refractivity contribution in [1.29, 1.82) is 0 Å². The van der Waals surface area contributed by atoms with Gasteiger partial charge in [-0.25, -0.2) is 0 Å². The normalized spacial score (nSPS) is 31.1. The molecule has 1 nitrogen and oxygen atoms in total. The van der Waals surface area contributed by atoms with Gasteiger partial charge in [0.1, 0.15) is 0 Å². The lowest BCUT2D eigenvalue weighted by molar-refractivity contribution is 0.311. The van der Waals surface area contributed by atoms with E-state index in [1.807, 2.05) is 0 Å². The molecule has 1 saturated carbocycles. The van der Waals surface area contributed by atoms with Crippen molar-refractivity contribution in [1.82, 2.24) is 5.32 Å². The molecule has 0 aromatic carbocycles. The topological polar surface area (TPSA) is 12.0 Å². The van der Waals surface area contributed by atoms with Crippen LogP contribution in [0.1, 0.15) is 73.1 Å². The molecule has 1 N–H and O–H groups in total. The molecule has 0 aromatic rings. The molecule has 0 bridgehead atoms. The number of rotatable bonds is 7. The molecule has 0 spiro atoms. The van der Waals surface area contributed by atoms with E-state index in [9.17, 15) is 0 Å². The maximum atomic E-state index is 3.85. The minimum Gasteiger partial charge on any atom is -0.311 e. The average Bonchev–Trinajstić information content (AvgIpc) is 2.60. The second-order valence-electron chi connectivity index (χ2n) is 6.62. The average molecular weight is 239 g/mol. The molecule has 0 heterocycles. The fraction of sp³-hybridized carbons (Fsp3) is 1.00. The zero-order valence-corrected chi connectivity index (χ0v) is 12.6. The fourth-order valence-corrected chi connectivity index (χ4v) is 3.53. The van der Waals surface area contributed by atoms with Gasteiger partial charge in [-0.3, -0.25) is 0 Å². The Morgan fingerprint density at radius 3 is 2.35 bits per heavy atom. The summed E-state index contributed by atoms with van der Waals surface area (Å²) in [6.07, 6.45) is 8.26. The molecule has 1 rings (SSSR count). The molecule has 1 fully saturated rings. The first-order valence-corrected chi connectivity index (χ1v) is 7.80. The van der Waals surface area contributed by atoms with E-state index in [1.54, 1.807) is 0 Å². The van der Waals surface area contributed by atoms with Gasteiger partial charge in [0.05, 0.1) is 0 Å². The Hall–Kier alpha value is -0.0400. The molecule has 1 aliphatic carbocycles. The summed E-state index contributed by atoms with van der Waals surface area (Å²) >= 11 is 0. The second kappa shape index (κ2) is 7.41. The van der Waals surface area contributed by atoms with Gasteiger partial charge in [-0.05, 0) is 43.9 Å². The van der Waals surface area contributed by atoms with Crippen molar-refractivity contribution in [2.75, 3.05) is 0 Å². The molecule has 0 aromatic heterocycles. The number of hydrogen-bond acceptors (Lipinski definition) is 1. The Kier molecular flexibility index (Phi) is 6.54. The summed E-state index contributed by atoms with van der Waals surface area (Å²) in [5.74, 6) is 2.71. The Morgan fingerprint density at radius 1 is 1.12 bits per heavy atom. The SMILES string of the molecule is CCCCCC(C)NC1CC(C)C(C(C)C)C1. The van der Waals surface area contributed by atoms with Gasteiger partial charge in [-0.15, -0.1) is 0 Å². The van der Waals surface area contributed by atoms with E-state index in [0.717, 1.165) is 23.8 Å². The number of unbranched alkanes of at least 4 members (excludes halogenated alkanes) is 2. The maximum absolute atomic E-state index is 3.85. The van der Waals surface area contributed by atoms with Crippen LogP contribution in [0.4, 0.5) is 0 Å². The monoisotopic (exact) mass is 239 g/mol. The Bertz CT molecular complexity index is 200. The zero-order chi connectivity index (χ0) is 12.8. The van der Waals surface area contributed by atoms with Gasteiger partial charge in [-0.1, -0.05) is 47.0 Å². The summed E-state index contributed by atoms with van der Waals surface area (Å²) in [4.78, 5) is 0. The van der Waals surface area contributed by atoms with E-state index < -0.39 is 0 Å². The van der Waals surface area contributed by atoms with E-state index in [0.29, 0.717) is 6.04 Å². The third-order valence-electron chi connectivity index (χ3n) is 4.56. The number of hydrogen-bond donors (Lipinski definition) is 1. The van der Waals surface area contributed by atoms with Crippen LogP contribution >= 0.6 is 0 Å². The van der Waals surface area contributed by atoms with Crippen LogP contribution < -0.4 is 5.32 Å². The first-order chi connectivity index (χ1) is 8.04. The summed E-state index contributed by atoms with van der Waals surface area (Å²) in [6, 6.07) is 1.50. The minimum absolute atomic E-state index is 0.713. The summed E-state index contributed by atoms with van der Waals surface area (Å²) < 4.78 is 0. The molecule has 4 atom stereocenters. The lowest BCUT2D eigenvalue weighted by Gasteiger charge is -2.20. The van der Waals surface area contributed by atoms with Crippen molar-refractivity contribution in [2.45, 2.75) is 85.2 Å². The summed E-state index contributed by atoms with van der Waals surface area (Å²) in [5, 5.41) is 3.85. The van der Waals surface area contributed by atoms with Gasteiger partial charge >= 0.3 is 0 Å². The van der Waals surface area contributed by atoms with Gasteiger partial charge < -0.3 is 5.32 Å². The molecule has 102 valence electrons. The van der Waals surface area contributed by atoms with Crippen LogP contribution in [0.5, 0.6) is 0 Å². The third kappa shape index (κ3) is 4.99. The molecule has 0 aliphatic heterocycles. The van der Waals surface area contributed by atoms with Crippen molar-refractivity contribution in [3.8, 4) is 0 Å². The quantitative estimate of drug-likeness (QED) is 0.639. The van der Waals surface area contributed by atoms with E-state index in [1.165, 1.54) is 38.5 Å². The smallest absolute Gasteiger partial charge is 0.00750 e. The van der Waals surface area contributed by atoms with Gasteiger partial charge in [0, 0.05) is 12.1 Å². The predicted molar refractivity (Wildman–Crippen MR) is 77.3 cm³/mol. The first kappa shape index (κ1) is 15.0. The molecular formula is C16H33N. The van der Waals surface area contributed by atoms with Crippen molar-refractivity contribution < 1.29 is 0 Å². The fourth-order valence-electron chi connectivity index (χ4n) is 3.53. The largest absolute Gasteiger partial charge is 0.311 e. The second-order valence-corrected chi connectivity index (χ2v) is 6.62. The highest BCUT2D eigenvalue weighted by Crippen LogP contribution is 2.36. The van der Waals surface area contributed by atoms with E-state index >= 15 is 0 Å². The van der Waals surface area contributed by atoms with Gasteiger partial charge in [0.2, 0.25) is 0 Å². The Balaban J connectivity index is 2.24. The number of nitrogens with one attached hydrogen (secondary N) is 1. The maximum Gasteiger partial charge on any atom is 0.00750 e. The summed E-state index contributed by atoms with van der Waals surface area (Å²) in [6.45, 7) is 11.9. The molecule has 1 aliphatic rings. The van der Waals surface area contributed by atoms with Crippen LogP contribution in [0.15, 0.2) is 0 Å². The highest BCUT2D eigenvalue weighted by molar-refractivity contribution is 4.88. The Labute approximate surface area is 109 Å². The predicted octanol–water partition coefficient (Wildman–Crippen LogP) is 4.62. The van der Waals surface area contributed by atoms with Crippen LogP contribution in [0.2, 0.25) is 0 Å². The lowest BCUT2D eigenvalue weighted by atomic mass is 9.87. The lowest BCUT2D eigenvalue weighted by Crippen LogP contribution is -2.35. The highest BCUT2D eigenvalue weighted by Gasteiger charge is 2.33. The molecule has 1 heteroatoms. The summed E-state index contributed by atoms with van der Waals surface area (Å²) in [5.41, 5.74) is 0. The van der Waals surface area contributed by atoms with Crippen molar-refractivity contribution in [2.24, 2.45) is 17.8 Å². The van der Waals surface area contributed by atoms with Crippen LogP contribution in [-0.4, -0.2) is 12.1 Å². The van der Waals surface area contributed by atoms with E-state index in [4.69, 9.17) is 0 Å². The summed E-state index contributed by atoms with van der Waals surface area (Å²) in [7, 11) is 0. The molecular weight excluding hydrogens is 206 g/mol. The van der Waals surface area contributed by atoms with Crippen molar-refractivity contribution in [3.05, 3.63) is 0 Å². The Morgan fingerprint density at radius 2 is 1.82 bits per heavy atom. The van der Waals surface area contributed by atoms with E-state index in [2.05, 4.69) is 39.9 Å².